The quantitative estimate of drug-likeness (QED) is 0.916. The highest BCUT2D eigenvalue weighted by Gasteiger charge is 2.03. The summed E-state index contributed by atoms with van der Waals surface area (Å²) in [6.07, 6.45) is 1.73. The van der Waals surface area contributed by atoms with Crippen molar-refractivity contribution in [3.63, 3.8) is 0 Å². The van der Waals surface area contributed by atoms with E-state index < -0.39 is 0 Å². The number of aromatic nitrogens is 3. The average Bonchev–Trinajstić information content (AvgIpc) is 2.32. The van der Waals surface area contributed by atoms with E-state index in [0.29, 0.717) is 22.5 Å². The van der Waals surface area contributed by atoms with Gasteiger partial charge in [-0.05, 0) is 12.1 Å². The summed E-state index contributed by atoms with van der Waals surface area (Å²) in [5.74, 6) is 0. The van der Waals surface area contributed by atoms with E-state index in [9.17, 15) is 0 Å². The van der Waals surface area contributed by atoms with Gasteiger partial charge in [-0.3, -0.25) is 4.98 Å². The Morgan fingerprint density at radius 3 is 2.81 bits per heavy atom. The third kappa shape index (κ3) is 2.81. The molecule has 6 heteroatoms. The maximum absolute atomic E-state index is 5.85. The lowest BCUT2D eigenvalue weighted by molar-refractivity contribution is 1.00. The van der Waals surface area contributed by atoms with E-state index in [1.807, 2.05) is 18.2 Å². The van der Waals surface area contributed by atoms with Crippen LogP contribution in [0.25, 0.3) is 0 Å². The molecule has 0 aromatic carbocycles. The third-order valence-corrected chi connectivity index (χ3v) is 2.37. The molecule has 0 fully saturated rings. The summed E-state index contributed by atoms with van der Waals surface area (Å²) in [5.41, 5.74) is 1.55. The van der Waals surface area contributed by atoms with E-state index in [1.165, 1.54) is 0 Å². The van der Waals surface area contributed by atoms with Crippen LogP contribution in [0.4, 0.5) is 5.69 Å². The largest absolute Gasteiger partial charge is 0.377 e. The molecular formula is C10H8Cl2N4. The summed E-state index contributed by atoms with van der Waals surface area (Å²) in [6, 6.07) is 7.32. The first-order chi connectivity index (χ1) is 7.75. The van der Waals surface area contributed by atoms with Crippen molar-refractivity contribution in [1.82, 2.24) is 15.2 Å². The van der Waals surface area contributed by atoms with Gasteiger partial charge in [0.05, 0.1) is 17.9 Å². The molecule has 0 unspecified atom stereocenters. The molecule has 0 saturated heterocycles. The number of hydrogen-bond donors (Lipinski definition) is 1. The molecule has 0 aliphatic heterocycles. The van der Waals surface area contributed by atoms with Crippen LogP contribution in [0, 0.1) is 0 Å². The smallest absolute Gasteiger partial charge is 0.174 e. The molecule has 0 aliphatic carbocycles. The molecule has 0 aliphatic rings. The Morgan fingerprint density at radius 1 is 1.19 bits per heavy atom. The van der Waals surface area contributed by atoms with Crippen LogP contribution in [0.1, 0.15) is 5.69 Å². The van der Waals surface area contributed by atoms with E-state index in [4.69, 9.17) is 23.2 Å². The Balaban J connectivity index is 2.08. The number of rotatable bonds is 3. The Morgan fingerprint density at radius 2 is 2.06 bits per heavy atom. The first-order valence-electron chi connectivity index (χ1n) is 4.58. The van der Waals surface area contributed by atoms with Gasteiger partial charge < -0.3 is 5.32 Å². The molecule has 0 bridgehead atoms. The SMILES string of the molecule is Clc1cc(NCc2ccccn2)c(Cl)nn1. The van der Waals surface area contributed by atoms with Crippen molar-refractivity contribution < 1.29 is 0 Å². The number of halogens is 2. The van der Waals surface area contributed by atoms with E-state index >= 15 is 0 Å². The van der Waals surface area contributed by atoms with Gasteiger partial charge in [-0.1, -0.05) is 29.3 Å². The van der Waals surface area contributed by atoms with E-state index in [0.717, 1.165) is 5.69 Å². The van der Waals surface area contributed by atoms with Crippen molar-refractivity contribution in [1.29, 1.82) is 0 Å². The van der Waals surface area contributed by atoms with Crippen LogP contribution in [0.5, 0.6) is 0 Å². The second-order valence-corrected chi connectivity index (χ2v) is 3.79. The molecular weight excluding hydrogens is 247 g/mol. The first-order valence-corrected chi connectivity index (χ1v) is 5.34. The zero-order valence-corrected chi connectivity index (χ0v) is 9.70. The molecule has 0 radical (unpaired) electrons. The fourth-order valence-corrected chi connectivity index (χ4v) is 1.47. The summed E-state index contributed by atoms with van der Waals surface area (Å²) in [5, 5.41) is 11.0. The highest BCUT2D eigenvalue weighted by atomic mass is 35.5. The molecule has 16 heavy (non-hydrogen) atoms. The van der Waals surface area contributed by atoms with E-state index in [2.05, 4.69) is 20.5 Å². The van der Waals surface area contributed by atoms with Crippen molar-refractivity contribution >= 4 is 28.9 Å². The van der Waals surface area contributed by atoms with Crippen molar-refractivity contribution in [2.45, 2.75) is 6.54 Å². The van der Waals surface area contributed by atoms with Crippen LogP contribution < -0.4 is 5.32 Å². The zero-order valence-electron chi connectivity index (χ0n) is 8.19. The first kappa shape index (κ1) is 11.1. The molecule has 2 heterocycles. The van der Waals surface area contributed by atoms with Gasteiger partial charge in [-0.15, -0.1) is 10.2 Å². The van der Waals surface area contributed by atoms with E-state index in [-0.39, 0.29) is 0 Å². The van der Waals surface area contributed by atoms with Gasteiger partial charge in [0.15, 0.2) is 10.3 Å². The van der Waals surface area contributed by atoms with E-state index in [1.54, 1.807) is 12.3 Å². The second-order valence-electron chi connectivity index (χ2n) is 3.05. The summed E-state index contributed by atoms with van der Waals surface area (Å²) in [7, 11) is 0. The zero-order chi connectivity index (χ0) is 11.4. The van der Waals surface area contributed by atoms with Crippen LogP contribution in [0.2, 0.25) is 10.3 Å². The Bertz CT molecular complexity index is 476. The van der Waals surface area contributed by atoms with Crippen LogP contribution in [-0.4, -0.2) is 15.2 Å². The van der Waals surface area contributed by atoms with Crippen LogP contribution in [0.3, 0.4) is 0 Å². The standard InChI is InChI=1S/C10H8Cl2N4/c11-9-5-8(10(12)16-15-9)14-6-7-3-1-2-4-13-7/h1-5H,6H2,(H,14,15). The van der Waals surface area contributed by atoms with Gasteiger partial charge >= 0.3 is 0 Å². The number of nitrogens with zero attached hydrogens (tertiary/aromatic N) is 3. The molecule has 2 aromatic heterocycles. The maximum atomic E-state index is 5.85. The summed E-state index contributed by atoms with van der Waals surface area (Å²) >= 11 is 11.6. The Hall–Kier alpha value is -1.39. The Labute approximate surface area is 103 Å². The molecule has 0 saturated carbocycles. The predicted molar refractivity (Wildman–Crippen MR) is 63.6 cm³/mol. The van der Waals surface area contributed by atoms with Gasteiger partial charge in [0.2, 0.25) is 0 Å². The molecule has 0 atom stereocenters. The monoisotopic (exact) mass is 254 g/mol. The topological polar surface area (TPSA) is 50.7 Å². The lowest BCUT2D eigenvalue weighted by Crippen LogP contribution is -2.02. The minimum atomic E-state index is 0.292. The summed E-state index contributed by atoms with van der Waals surface area (Å²) in [4.78, 5) is 4.17. The molecule has 0 spiro atoms. The lowest BCUT2D eigenvalue weighted by atomic mass is 10.3. The minimum absolute atomic E-state index is 0.292. The van der Waals surface area contributed by atoms with Crippen LogP contribution >= 0.6 is 23.2 Å². The fraction of sp³-hybridized carbons (Fsp3) is 0.100. The van der Waals surface area contributed by atoms with Crippen LogP contribution in [-0.2, 0) is 6.54 Å². The molecule has 1 N–H and O–H groups in total. The van der Waals surface area contributed by atoms with Gasteiger partial charge in [-0.2, -0.15) is 0 Å². The molecule has 2 aromatic rings. The number of pyridine rings is 1. The lowest BCUT2D eigenvalue weighted by Gasteiger charge is -2.06. The van der Waals surface area contributed by atoms with Gasteiger partial charge in [-0.25, -0.2) is 0 Å². The maximum Gasteiger partial charge on any atom is 0.174 e. The summed E-state index contributed by atoms with van der Waals surface area (Å²) in [6.45, 7) is 0.558. The fourth-order valence-electron chi connectivity index (χ4n) is 1.17. The molecule has 82 valence electrons. The second kappa shape index (κ2) is 5.09. The highest BCUT2D eigenvalue weighted by Crippen LogP contribution is 2.21. The molecule has 4 nitrogen and oxygen atoms in total. The van der Waals surface area contributed by atoms with Gasteiger partial charge in [0.1, 0.15) is 0 Å². The number of anilines is 1. The van der Waals surface area contributed by atoms with Gasteiger partial charge in [0.25, 0.3) is 0 Å². The highest BCUT2D eigenvalue weighted by molar-refractivity contribution is 6.33. The van der Waals surface area contributed by atoms with Crippen molar-refractivity contribution in [2.24, 2.45) is 0 Å². The van der Waals surface area contributed by atoms with Crippen LogP contribution in [0.15, 0.2) is 30.5 Å². The predicted octanol–water partition coefficient (Wildman–Crippen LogP) is 2.79. The minimum Gasteiger partial charge on any atom is -0.377 e. The summed E-state index contributed by atoms with van der Waals surface area (Å²) < 4.78 is 0. The Kier molecular flexibility index (Phi) is 3.54. The molecule has 2 rings (SSSR count). The van der Waals surface area contributed by atoms with Gasteiger partial charge in [0, 0.05) is 12.3 Å². The normalized spacial score (nSPS) is 10.1. The van der Waals surface area contributed by atoms with Crippen molar-refractivity contribution in [2.75, 3.05) is 5.32 Å². The third-order valence-electron chi connectivity index (χ3n) is 1.91. The van der Waals surface area contributed by atoms with Crippen molar-refractivity contribution in [3.8, 4) is 0 Å². The average molecular weight is 255 g/mol. The number of hydrogen-bond acceptors (Lipinski definition) is 4. The molecule has 0 amide bonds. The number of nitrogens with one attached hydrogen (secondary N) is 1. The van der Waals surface area contributed by atoms with Crippen molar-refractivity contribution in [3.05, 3.63) is 46.5 Å².